The van der Waals surface area contributed by atoms with Crippen molar-refractivity contribution in [3.63, 3.8) is 0 Å². The highest BCUT2D eigenvalue weighted by Crippen LogP contribution is 2.35. The summed E-state index contributed by atoms with van der Waals surface area (Å²) in [6, 6.07) is 6.43. The van der Waals surface area contributed by atoms with Gasteiger partial charge >= 0.3 is 15.6 Å². The number of halogens is 3. The standard InChI is InChI=1S/C17H17F3N2O4S/c1-11-5-4-6-12(21-11)10-25-16-9-15(26-27(23,24)17(18,19)20)13-7-2-3-8-14(13)22-16/h4-6,9H,2-3,7-8,10H2,1H3. The van der Waals surface area contributed by atoms with Crippen molar-refractivity contribution < 1.29 is 30.5 Å². The molecule has 1 aliphatic carbocycles. The predicted octanol–water partition coefficient (Wildman–Crippen LogP) is 3.47. The first-order valence-electron chi connectivity index (χ1n) is 8.24. The molecule has 0 bridgehead atoms. The zero-order valence-electron chi connectivity index (χ0n) is 14.4. The van der Waals surface area contributed by atoms with E-state index in [-0.39, 0.29) is 18.2 Å². The Kier molecular flexibility index (Phi) is 5.27. The monoisotopic (exact) mass is 402 g/mol. The van der Waals surface area contributed by atoms with Crippen molar-refractivity contribution in [1.82, 2.24) is 9.97 Å². The second-order valence-electron chi connectivity index (χ2n) is 6.13. The van der Waals surface area contributed by atoms with E-state index < -0.39 is 15.6 Å². The maximum absolute atomic E-state index is 12.7. The molecule has 2 aromatic rings. The first-order valence-corrected chi connectivity index (χ1v) is 9.65. The van der Waals surface area contributed by atoms with Crippen LogP contribution in [0.4, 0.5) is 13.2 Å². The van der Waals surface area contributed by atoms with Crippen LogP contribution >= 0.6 is 0 Å². The lowest BCUT2D eigenvalue weighted by Gasteiger charge is -2.20. The van der Waals surface area contributed by atoms with Gasteiger partial charge in [0.05, 0.1) is 11.4 Å². The van der Waals surface area contributed by atoms with Crippen LogP contribution in [-0.2, 0) is 29.6 Å². The van der Waals surface area contributed by atoms with Gasteiger partial charge in [-0.15, -0.1) is 0 Å². The van der Waals surface area contributed by atoms with Gasteiger partial charge in [0.15, 0.2) is 5.75 Å². The number of aryl methyl sites for hydroxylation is 2. The van der Waals surface area contributed by atoms with Gasteiger partial charge < -0.3 is 8.92 Å². The molecular formula is C17H17F3N2O4S. The van der Waals surface area contributed by atoms with Gasteiger partial charge in [-0.05, 0) is 44.7 Å². The summed E-state index contributed by atoms with van der Waals surface area (Å²) < 4.78 is 70.8. The van der Waals surface area contributed by atoms with E-state index in [1.54, 1.807) is 12.1 Å². The highest BCUT2D eigenvalue weighted by atomic mass is 32.2. The lowest BCUT2D eigenvalue weighted by atomic mass is 9.95. The van der Waals surface area contributed by atoms with Crippen molar-refractivity contribution in [3.05, 3.63) is 46.9 Å². The zero-order chi connectivity index (χ0) is 19.7. The molecule has 0 saturated heterocycles. The number of alkyl halides is 3. The molecule has 6 nitrogen and oxygen atoms in total. The van der Waals surface area contributed by atoms with E-state index in [0.717, 1.165) is 18.2 Å². The van der Waals surface area contributed by atoms with Crippen molar-refractivity contribution in [2.24, 2.45) is 0 Å². The number of ether oxygens (including phenoxy) is 1. The Morgan fingerprint density at radius 1 is 1.15 bits per heavy atom. The molecule has 1 aliphatic rings. The summed E-state index contributed by atoms with van der Waals surface area (Å²) in [5, 5.41) is 0. The van der Waals surface area contributed by atoms with Crippen LogP contribution < -0.4 is 8.92 Å². The van der Waals surface area contributed by atoms with Crippen LogP contribution in [0.5, 0.6) is 11.6 Å². The Morgan fingerprint density at radius 2 is 1.89 bits per heavy atom. The van der Waals surface area contributed by atoms with Crippen molar-refractivity contribution >= 4 is 10.1 Å². The Bertz CT molecular complexity index is 946. The van der Waals surface area contributed by atoms with Crippen LogP contribution in [0.2, 0.25) is 0 Å². The van der Waals surface area contributed by atoms with Gasteiger partial charge in [0.1, 0.15) is 6.61 Å². The minimum atomic E-state index is -5.77. The number of fused-ring (bicyclic) bond motifs is 1. The minimum Gasteiger partial charge on any atom is -0.471 e. The fourth-order valence-electron chi connectivity index (χ4n) is 2.78. The molecule has 0 unspecified atom stereocenters. The van der Waals surface area contributed by atoms with Gasteiger partial charge in [-0.1, -0.05) is 6.07 Å². The molecule has 146 valence electrons. The van der Waals surface area contributed by atoms with Crippen LogP contribution in [0.15, 0.2) is 24.3 Å². The van der Waals surface area contributed by atoms with Crippen LogP contribution in [0.3, 0.4) is 0 Å². The normalized spacial score (nSPS) is 14.5. The molecule has 0 aliphatic heterocycles. The molecule has 0 aromatic carbocycles. The average Bonchev–Trinajstić information content (AvgIpc) is 2.59. The molecule has 0 N–H and O–H groups in total. The van der Waals surface area contributed by atoms with Gasteiger partial charge in [-0.2, -0.15) is 21.6 Å². The van der Waals surface area contributed by atoms with E-state index in [0.29, 0.717) is 36.2 Å². The number of rotatable bonds is 5. The predicted molar refractivity (Wildman–Crippen MR) is 89.8 cm³/mol. The van der Waals surface area contributed by atoms with Crippen molar-refractivity contribution in [3.8, 4) is 11.6 Å². The molecule has 0 saturated carbocycles. The van der Waals surface area contributed by atoms with Crippen molar-refractivity contribution in [1.29, 1.82) is 0 Å². The summed E-state index contributed by atoms with van der Waals surface area (Å²) in [5.41, 5.74) is -3.25. The lowest BCUT2D eigenvalue weighted by molar-refractivity contribution is -0.0500. The van der Waals surface area contributed by atoms with Crippen LogP contribution in [0.25, 0.3) is 0 Å². The second kappa shape index (κ2) is 7.34. The maximum Gasteiger partial charge on any atom is 0.534 e. The summed E-state index contributed by atoms with van der Waals surface area (Å²) >= 11 is 0. The summed E-state index contributed by atoms with van der Waals surface area (Å²) in [4.78, 5) is 8.56. The first-order chi connectivity index (χ1) is 12.7. The Morgan fingerprint density at radius 3 is 2.59 bits per heavy atom. The maximum atomic E-state index is 12.7. The molecular weight excluding hydrogens is 385 g/mol. The van der Waals surface area contributed by atoms with E-state index in [1.807, 2.05) is 13.0 Å². The molecule has 0 fully saturated rings. The number of hydrogen-bond acceptors (Lipinski definition) is 6. The number of nitrogens with zero attached hydrogens (tertiary/aromatic N) is 2. The minimum absolute atomic E-state index is 0.00803. The molecule has 0 spiro atoms. The first kappa shape index (κ1) is 19.4. The largest absolute Gasteiger partial charge is 0.534 e. The number of aromatic nitrogens is 2. The summed E-state index contributed by atoms with van der Waals surface area (Å²) in [6.45, 7) is 1.85. The SMILES string of the molecule is Cc1cccc(COc2cc(OS(=O)(=O)C(F)(F)F)c3c(n2)CCCC3)n1. The number of hydrogen-bond donors (Lipinski definition) is 0. The smallest absolute Gasteiger partial charge is 0.471 e. The molecule has 2 heterocycles. The van der Waals surface area contributed by atoms with Crippen LogP contribution in [0, 0.1) is 6.92 Å². The molecule has 10 heteroatoms. The third-order valence-electron chi connectivity index (χ3n) is 4.03. The third-order valence-corrected chi connectivity index (χ3v) is 5.00. The summed E-state index contributed by atoms with van der Waals surface area (Å²) in [6.07, 6.45) is 2.42. The van der Waals surface area contributed by atoms with Crippen LogP contribution in [0.1, 0.15) is 35.5 Å². The van der Waals surface area contributed by atoms with Crippen molar-refractivity contribution in [2.75, 3.05) is 0 Å². The molecule has 3 rings (SSSR count). The topological polar surface area (TPSA) is 78.4 Å². The molecule has 2 aromatic heterocycles. The fraction of sp³-hybridized carbons (Fsp3) is 0.412. The zero-order valence-corrected chi connectivity index (χ0v) is 15.2. The summed E-state index contributed by atoms with van der Waals surface area (Å²) in [5.74, 6) is -0.393. The van der Waals surface area contributed by atoms with E-state index in [2.05, 4.69) is 14.2 Å². The molecule has 0 radical (unpaired) electrons. The van der Waals surface area contributed by atoms with Gasteiger partial charge in [0.25, 0.3) is 0 Å². The second-order valence-corrected chi connectivity index (χ2v) is 7.67. The van der Waals surface area contributed by atoms with Gasteiger partial charge in [-0.3, -0.25) is 4.98 Å². The quantitative estimate of drug-likeness (QED) is 0.563. The van der Waals surface area contributed by atoms with E-state index >= 15 is 0 Å². The Balaban J connectivity index is 1.89. The lowest BCUT2D eigenvalue weighted by Crippen LogP contribution is -2.28. The molecule has 27 heavy (non-hydrogen) atoms. The highest BCUT2D eigenvalue weighted by Gasteiger charge is 2.49. The van der Waals surface area contributed by atoms with Gasteiger partial charge in [0.2, 0.25) is 5.88 Å². The Hall–Kier alpha value is -2.36. The van der Waals surface area contributed by atoms with E-state index in [9.17, 15) is 21.6 Å². The van der Waals surface area contributed by atoms with Crippen LogP contribution in [-0.4, -0.2) is 23.9 Å². The van der Waals surface area contributed by atoms with Gasteiger partial charge in [-0.25, -0.2) is 4.98 Å². The third kappa shape index (κ3) is 4.49. The van der Waals surface area contributed by atoms with E-state index in [4.69, 9.17) is 4.74 Å². The molecule has 0 amide bonds. The van der Waals surface area contributed by atoms with Gasteiger partial charge in [0, 0.05) is 17.3 Å². The Labute approximate surface area is 154 Å². The fourth-order valence-corrected chi connectivity index (χ4v) is 3.26. The summed E-state index contributed by atoms with van der Waals surface area (Å²) in [7, 11) is -5.77. The van der Waals surface area contributed by atoms with E-state index in [1.165, 1.54) is 0 Å². The highest BCUT2D eigenvalue weighted by molar-refractivity contribution is 7.88. The molecule has 0 atom stereocenters. The number of pyridine rings is 2. The van der Waals surface area contributed by atoms with Crippen molar-refractivity contribution in [2.45, 2.75) is 44.7 Å². The average molecular weight is 402 g/mol.